The Morgan fingerprint density at radius 1 is 1.42 bits per heavy atom. The molecule has 1 N–H and O–H groups in total. The molecule has 1 fully saturated rings. The van der Waals surface area contributed by atoms with E-state index in [0.29, 0.717) is 5.56 Å². The van der Waals surface area contributed by atoms with Gasteiger partial charge in [0.1, 0.15) is 6.26 Å². The average molecular weight is 169 g/mol. The van der Waals surface area contributed by atoms with Crippen molar-refractivity contribution in [1.29, 1.82) is 0 Å². The van der Waals surface area contributed by atoms with E-state index in [9.17, 15) is 4.39 Å². The fraction of sp³-hybridized carbons (Fsp3) is 0.556. The molecule has 0 saturated carbocycles. The SMILES string of the molecule is Fc1cocc1[C@@H]1CCCCN1. The van der Waals surface area contributed by atoms with Crippen LogP contribution in [0.25, 0.3) is 0 Å². The highest BCUT2D eigenvalue weighted by atomic mass is 19.1. The summed E-state index contributed by atoms with van der Waals surface area (Å²) in [4.78, 5) is 0. The van der Waals surface area contributed by atoms with Gasteiger partial charge in [0, 0.05) is 11.6 Å². The normalized spacial score (nSPS) is 24.2. The Kier molecular flexibility index (Phi) is 2.13. The summed E-state index contributed by atoms with van der Waals surface area (Å²) in [5, 5.41) is 3.26. The summed E-state index contributed by atoms with van der Waals surface area (Å²) in [5.41, 5.74) is 0.676. The second kappa shape index (κ2) is 3.27. The van der Waals surface area contributed by atoms with Gasteiger partial charge in [0.15, 0.2) is 5.82 Å². The molecule has 0 amide bonds. The lowest BCUT2D eigenvalue weighted by atomic mass is 10.00. The first-order valence-corrected chi connectivity index (χ1v) is 4.33. The quantitative estimate of drug-likeness (QED) is 0.697. The van der Waals surface area contributed by atoms with E-state index in [4.69, 9.17) is 4.42 Å². The Bertz CT molecular complexity index is 253. The molecular weight excluding hydrogens is 157 g/mol. The molecule has 2 rings (SSSR count). The second-order valence-electron chi connectivity index (χ2n) is 3.18. The summed E-state index contributed by atoms with van der Waals surface area (Å²) in [5.74, 6) is -0.227. The molecular formula is C9H12FNO. The molecule has 2 heterocycles. The number of hydrogen-bond acceptors (Lipinski definition) is 2. The Morgan fingerprint density at radius 2 is 2.33 bits per heavy atom. The third-order valence-electron chi connectivity index (χ3n) is 2.33. The van der Waals surface area contributed by atoms with E-state index in [1.807, 2.05) is 0 Å². The van der Waals surface area contributed by atoms with E-state index in [0.717, 1.165) is 19.2 Å². The van der Waals surface area contributed by atoms with Crippen molar-refractivity contribution in [2.24, 2.45) is 0 Å². The minimum absolute atomic E-state index is 0.164. The first kappa shape index (κ1) is 7.80. The highest BCUT2D eigenvalue weighted by Crippen LogP contribution is 2.25. The number of halogens is 1. The van der Waals surface area contributed by atoms with Gasteiger partial charge >= 0.3 is 0 Å². The van der Waals surface area contributed by atoms with Gasteiger partial charge in [-0.3, -0.25) is 0 Å². The molecule has 2 nitrogen and oxygen atoms in total. The molecule has 1 aliphatic rings. The minimum atomic E-state index is -0.227. The first-order chi connectivity index (χ1) is 5.88. The molecule has 0 unspecified atom stereocenters. The zero-order chi connectivity index (χ0) is 8.39. The average Bonchev–Trinajstić information content (AvgIpc) is 2.53. The number of hydrogen-bond donors (Lipinski definition) is 1. The summed E-state index contributed by atoms with van der Waals surface area (Å²) in [6.07, 6.45) is 6.03. The lowest BCUT2D eigenvalue weighted by molar-refractivity contribution is 0.400. The fourth-order valence-corrected chi connectivity index (χ4v) is 1.66. The third-order valence-corrected chi connectivity index (χ3v) is 2.33. The van der Waals surface area contributed by atoms with Gasteiger partial charge in [-0.2, -0.15) is 0 Å². The molecule has 1 aliphatic heterocycles. The lowest BCUT2D eigenvalue weighted by Gasteiger charge is -2.22. The summed E-state index contributed by atoms with van der Waals surface area (Å²) in [6, 6.07) is 0.164. The van der Waals surface area contributed by atoms with Gasteiger partial charge in [-0.1, -0.05) is 6.42 Å². The van der Waals surface area contributed by atoms with Gasteiger partial charge < -0.3 is 9.73 Å². The number of nitrogens with one attached hydrogen (secondary N) is 1. The molecule has 3 heteroatoms. The predicted octanol–water partition coefficient (Wildman–Crippen LogP) is 2.23. The van der Waals surface area contributed by atoms with Crippen LogP contribution in [0.3, 0.4) is 0 Å². The summed E-state index contributed by atoms with van der Waals surface area (Å²) >= 11 is 0. The van der Waals surface area contributed by atoms with Crippen LogP contribution < -0.4 is 5.32 Å². The van der Waals surface area contributed by atoms with Crippen molar-refractivity contribution in [3.05, 3.63) is 23.9 Å². The van der Waals surface area contributed by atoms with Crippen molar-refractivity contribution >= 4 is 0 Å². The monoisotopic (exact) mass is 169 g/mol. The third kappa shape index (κ3) is 1.37. The topological polar surface area (TPSA) is 25.2 Å². The maximum absolute atomic E-state index is 13.0. The van der Waals surface area contributed by atoms with Crippen LogP contribution in [0, 0.1) is 5.82 Å². The Labute approximate surface area is 70.8 Å². The van der Waals surface area contributed by atoms with Crippen molar-refractivity contribution in [3.63, 3.8) is 0 Å². The van der Waals surface area contributed by atoms with E-state index >= 15 is 0 Å². The first-order valence-electron chi connectivity index (χ1n) is 4.33. The highest BCUT2D eigenvalue weighted by molar-refractivity contribution is 5.14. The molecule has 1 atom stereocenters. The van der Waals surface area contributed by atoms with Crippen molar-refractivity contribution in [3.8, 4) is 0 Å². The number of piperidine rings is 1. The molecule has 0 spiro atoms. The molecule has 0 aliphatic carbocycles. The summed E-state index contributed by atoms with van der Waals surface area (Å²) in [6.45, 7) is 0.981. The lowest BCUT2D eigenvalue weighted by Crippen LogP contribution is -2.26. The molecule has 1 saturated heterocycles. The van der Waals surface area contributed by atoms with Crippen LogP contribution in [-0.4, -0.2) is 6.54 Å². The molecule has 0 aromatic carbocycles. The zero-order valence-electron chi connectivity index (χ0n) is 6.85. The maximum Gasteiger partial charge on any atom is 0.166 e. The standard InChI is InChI=1S/C9H12FNO/c10-8-6-12-5-7(8)9-3-1-2-4-11-9/h5-6,9,11H,1-4H2/t9-/m0/s1. The molecule has 0 bridgehead atoms. The van der Waals surface area contributed by atoms with Crippen LogP contribution in [0.15, 0.2) is 16.9 Å². The molecule has 1 aromatic heterocycles. The molecule has 12 heavy (non-hydrogen) atoms. The van der Waals surface area contributed by atoms with E-state index in [1.165, 1.54) is 19.1 Å². The summed E-state index contributed by atoms with van der Waals surface area (Å²) < 4.78 is 17.8. The van der Waals surface area contributed by atoms with E-state index < -0.39 is 0 Å². The van der Waals surface area contributed by atoms with Gasteiger partial charge in [-0.25, -0.2) is 4.39 Å². The molecule has 66 valence electrons. The van der Waals surface area contributed by atoms with Crippen LogP contribution in [0.1, 0.15) is 30.9 Å². The van der Waals surface area contributed by atoms with Crippen LogP contribution >= 0.6 is 0 Å². The van der Waals surface area contributed by atoms with E-state index in [-0.39, 0.29) is 11.9 Å². The molecule has 0 radical (unpaired) electrons. The second-order valence-corrected chi connectivity index (χ2v) is 3.18. The Morgan fingerprint density at radius 3 is 2.92 bits per heavy atom. The van der Waals surface area contributed by atoms with E-state index in [1.54, 1.807) is 0 Å². The van der Waals surface area contributed by atoms with Crippen LogP contribution in [-0.2, 0) is 0 Å². The van der Waals surface area contributed by atoms with Crippen LogP contribution in [0.4, 0.5) is 4.39 Å². The largest absolute Gasteiger partial charge is 0.469 e. The van der Waals surface area contributed by atoms with Crippen LogP contribution in [0.5, 0.6) is 0 Å². The Hall–Kier alpha value is -0.830. The van der Waals surface area contributed by atoms with Crippen molar-refractivity contribution in [1.82, 2.24) is 5.32 Å². The van der Waals surface area contributed by atoms with Gasteiger partial charge in [0.25, 0.3) is 0 Å². The van der Waals surface area contributed by atoms with Gasteiger partial charge in [-0.05, 0) is 19.4 Å². The number of furan rings is 1. The smallest absolute Gasteiger partial charge is 0.166 e. The van der Waals surface area contributed by atoms with Crippen molar-refractivity contribution in [2.45, 2.75) is 25.3 Å². The van der Waals surface area contributed by atoms with Crippen LogP contribution in [0.2, 0.25) is 0 Å². The highest BCUT2D eigenvalue weighted by Gasteiger charge is 2.19. The van der Waals surface area contributed by atoms with Gasteiger partial charge in [-0.15, -0.1) is 0 Å². The van der Waals surface area contributed by atoms with Gasteiger partial charge in [0.05, 0.1) is 6.26 Å². The summed E-state index contributed by atoms with van der Waals surface area (Å²) in [7, 11) is 0. The zero-order valence-corrected chi connectivity index (χ0v) is 6.85. The van der Waals surface area contributed by atoms with Crippen molar-refractivity contribution in [2.75, 3.05) is 6.54 Å². The number of rotatable bonds is 1. The van der Waals surface area contributed by atoms with E-state index in [2.05, 4.69) is 5.32 Å². The minimum Gasteiger partial charge on any atom is -0.469 e. The maximum atomic E-state index is 13.0. The fourth-order valence-electron chi connectivity index (χ4n) is 1.66. The predicted molar refractivity (Wildman–Crippen MR) is 43.3 cm³/mol. The Balaban J connectivity index is 2.13. The van der Waals surface area contributed by atoms with Crippen molar-refractivity contribution < 1.29 is 8.81 Å². The molecule has 1 aromatic rings. The van der Waals surface area contributed by atoms with Gasteiger partial charge in [0.2, 0.25) is 0 Å².